The van der Waals surface area contributed by atoms with E-state index in [2.05, 4.69) is 40.2 Å². The normalized spacial score (nSPS) is 10.3. The first-order valence-electron chi connectivity index (χ1n) is 7.37. The van der Waals surface area contributed by atoms with Crippen molar-refractivity contribution in [2.45, 2.75) is 6.61 Å². The lowest BCUT2D eigenvalue weighted by Crippen LogP contribution is -1.97. The summed E-state index contributed by atoms with van der Waals surface area (Å²) in [5.74, 6) is 1.67. The largest absolute Gasteiger partial charge is 0.497 e. The Hall–Kier alpha value is -2.26. The summed E-state index contributed by atoms with van der Waals surface area (Å²) in [7, 11) is 1.66. The third-order valence-electron chi connectivity index (χ3n) is 3.61. The van der Waals surface area contributed by atoms with Gasteiger partial charge in [-0.05, 0) is 41.5 Å². The van der Waals surface area contributed by atoms with Gasteiger partial charge in [-0.3, -0.25) is 0 Å². The van der Waals surface area contributed by atoms with Crippen LogP contribution in [0.15, 0.2) is 77.3 Å². The smallest absolute Gasteiger partial charge is 0.119 e. The van der Waals surface area contributed by atoms with Gasteiger partial charge in [0.05, 0.1) is 7.11 Å². The molecular weight excluding hydrogens is 352 g/mol. The predicted molar refractivity (Wildman–Crippen MR) is 96.9 cm³/mol. The number of halogens is 1. The molecule has 0 aliphatic rings. The fourth-order valence-corrected chi connectivity index (χ4v) is 2.69. The van der Waals surface area contributed by atoms with E-state index < -0.39 is 0 Å². The zero-order valence-electron chi connectivity index (χ0n) is 12.8. The summed E-state index contributed by atoms with van der Waals surface area (Å²) in [6, 6.07) is 24.3. The van der Waals surface area contributed by atoms with Crippen molar-refractivity contribution in [2.24, 2.45) is 0 Å². The van der Waals surface area contributed by atoms with Crippen LogP contribution in [0.1, 0.15) is 5.56 Å². The summed E-state index contributed by atoms with van der Waals surface area (Å²) >= 11 is 3.54. The van der Waals surface area contributed by atoms with Crippen molar-refractivity contribution in [3.8, 4) is 22.6 Å². The second kappa shape index (κ2) is 7.34. The molecule has 0 unspecified atom stereocenters. The Balaban J connectivity index is 1.70. The summed E-state index contributed by atoms with van der Waals surface area (Å²) < 4.78 is 12.1. The standard InChI is InChI=1S/C20H17BrO2/c1-22-19-11-12-20(21)17(13-19)14-23-18-9-7-16(8-10-18)15-5-3-2-4-6-15/h2-13H,14H2,1H3. The van der Waals surface area contributed by atoms with E-state index in [0.717, 1.165) is 21.5 Å². The van der Waals surface area contributed by atoms with Crippen molar-refractivity contribution in [1.82, 2.24) is 0 Å². The maximum atomic E-state index is 5.88. The first kappa shape index (κ1) is 15.6. The molecule has 116 valence electrons. The first-order chi connectivity index (χ1) is 11.3. The number of hydrogen-bond donors (Lipinski definition) is 0. The molecule has 3 aromatic rings. The Bertz CT molecular complexity index is 767. The molecule has 3 rings (SSSR count). The van der Waals surface area contributed by atoms with Crippen molar-refractivity contribution >= 4 is 15.9 Å². The molecule has 2 nitrogen and oxygen atoms in total. The van der Waals surface area contributed by atoms with Crippen LogP contribution in [-0.4, -0.2) is 7.11 Å². The number of methoxy groups -OCH3 is 1. The minimum Gasteiger partial charge on any atom is -0.497 e. The van der Waals surface area contributed by atoms with Gasteiger partial charge in [-0.2, -0.15) is 0 Å². The van der Waals surface area contributed by atoms with Crippen LogP contribution in [0, 0.1) is 0 Å². The average molecular weight is 369 g/mol. The Kier molecular flexibility index (Phi) is 4.99. The molecule has 0 aliphatic heterocycles. The average Bonchev–Trinajstić information content (AvgIpc) is 2.62. The molecule has 0 heterocycles. The van der Waals surface area contributed by atoms with Crippen molar-refractivity contribution in [2.75, 3.05) is 7.11 Å². The van der Waals surface area contributed by atoms with Crippen molar-refractivity contribution in [3.63, 3.8) is 0 Å². The van der Waals surface area contributed by atoms with Crippen LogP contribution >= 0.6 is 15.9 Å². The van der Waals surface area contributed by atoms with Crippen LogP contribution in [0.3, 0.4) is 0 Å². The molecule has 0 fully saturated rings. The van der Waals surface area contributed by atoms with Crippen LogP contribution in [0.2, 0.25) is 0 Å². The van der Waals surface area contributed by atoms with Gasteiger partial charge in [-0.1, -0.05) is 58.4 Å². The van der Waals surface area contributed by atoms with E-state index in [0.29, 0.717) is 6.61 Å². The summed E-state index contributed by atoms with van der Waals surface area (Å²) in [6.45, 7) is 0.489. The maximum absolute atomic E-state index is 5.88. The zero-order valence-corrected chi connectivity index (χ0v) is 14.4. The molecule has 0 spiro atoms. The van der Waals surface area contributed by atoms with Crippen LogP contribution in [0.5, 0.6) is 11.5 Å². The van der Waals surface area contributed by atoms with Crippen molar-refractivity contribution in [1.29, 1.82) is 0 Å². The zero-order chi connectivity index (χ0) is 16.1. The quantitative estimate of drug-likeness (QED) is 0.574. The van der Waals surface area contributed by atoms with Gasteiger partial charge < -0.3 is 9.47 Å². The van der Waals surface area contributed by atoms with Crippen molar-refractivity contribution < 1.29 is 9.47 Å². The van der Waals surface area contributed by atoms with Crippen LogP contribution in [0.4, 0.5) is 0 Å². The Morgan fingerprint density at radius 3 is 2.13 bits per heavy atom. The van der Waals surface area contributed by atoms with Crippen LogP contribution in [-0.2, 0) is 6.61 Å². The summed E-state index contributed by atoms with van der Waals surface area (Å²) in [5, 5.41) is 0. The minimum atomic E-state index is 0.489. The van der Waals surface area contributed by atoms with E-state index in [9.17, 15) is 0 Å². The third kappa shape index (κ3) is 3.93. The van der Waals surface area contributed by atoms with Gasteiger partial charge in [0.15, 0.2) is 0 Å². The van der Waals surface area contributed by atoms with Gasteiger partial charge in [0.1, 0.15) is 18.1 Å². The lowest BCUT2D eigenvalue weighted by atomic mass is 10.1. The van der Waals surface area contributed by atoms with E-state index in [1.165, 1.54) is 11.1 Å². The van der Waals surface area contributed by atoms with Crippen molar-refractivity contribution in [3.05, 3.63) is 82.8 Å². The molecule has 0 atom stereocenters. The topological polar surface area (TPSA) is 18.5 Å². The summed E-state index contributed by atoms with van der Waals surface area (Å²) in [6.07, 6.45) is 0. The third-order valence-corrected chi connectivity index (χ3v) is 4.38. The Morgan fingerprint density at radius 2 is 1.43 bits per heavy atom. The molecule has 0 radical (unpaired) electrons. The lowest BCUT2D eigenvalue weighted by Gasteiger charge is -2.10. The molecule has 0 saturated carbocycles. The number of hydrogen-bond acceptors (Lipinski definition) is 2. The van der Waals surface area contributed by atoms with E-state index in [1.54, 1.807) is 7.11 Å². The van der Waals surface area contributed by atoms with Gasteiger partial charge in [0, 0.05) is 10.0 Å². The maximum Gasteiger partial charge on any atom is 0.119 e. The molecule has 0 aliphatic carbocycles. The fraction of sp³-hybridized carbons (Fsp3) is 0.100. The van der Waals surface area contributed by atoms with Crippen LogP contribution in [0.25, 0.3) is 11.1 Å². The van der Waals surface area contributed by atoms with E-state index in [-0.39, 0.29) is 0 Å². The van der Waals surface area contributed by atoms with Crippen LogP contribution < -0.4 is 9.47 Å². The molecule has 0 bridgehead atoms. The molecule has 23 heavy (non-hydrogen) atoms. The molecule has 0 amide bonds. The second-order valence-corrected chi connectivity index (χ2v) is 5.99. The molecule has 3 aromatic carbocycles. The monoisotopic (exact) mass is 368 g/mol. The Morgan fingerprint density at radius 1 is 0.783 bits per heavy atom. The molecular formula is C20H17BrO2. The number of ether oxygens (including phenoxy) is 2. The second-order valence-electron chi connectivity index (χ2n) is 5.14. The predicted octanol–water partition coefficient (Wildman–Crippen LogP) is 5.70. The highest BCUT2D eigenvalue weighted by atomic mass is 79.9. The molecule has 3 heteroatoms. The van der Waals surface area contributed by atoms with Gasteiger partial charge in [-0.15, -0.1) is 0 Å². The summed E-state index contributed by atoms with van der Waals surface area (Å²) in [4.78, 5) is 0. The number of rotatable bonds is 5. The van der Waals surface area contributed by atoms with E-state index in [1.807, 2.05) is 48.5 Å². The van der Waals surface area contributed by atoms with E-state index >= 15 is 0 Å². The minimum absolute atomic E-state index is 0.489. The summed E-state index contributed by atoms with van der Waals surface area (Å²) in [5.41, 5.74) is 3.44. The highest BCUT2D eigenvalue weighted by molar-refractivity contribution is 9.10. The lowest BCUT2D eigenvalue weighted by molar-refractivity contribution is 0.304. The van der Waals surface area contributed by atoms with Gasteiger partial charge >= 0.3 is 0 Å². The fourth-order valence-electron chi connectivity index (χ4n) is 2.32. The molecule has 0 aromatic heterocycles. The number of benzene rings is 3. The van der Waals surface area contributed by atoms with E-state index in [4.69, 9.17) is 9.47 Å². The molecule has 0 saturated heterocycles. The van der Waals surface area contributed by atoms with Gasteiger partial charge in [0.2, 0.25) is 0 Å². The SMILES string of the molecule is COc1ccc(Br)c(COc2ccc(-c3ccccc3)cc2)c1. The Labute approximate surface area is 144 Å². The van der Waals surface area contributed by atoms with Gasteiger partial charge in [-0.25, -0.2) is 0 Å². The highest BCUT2D eigenvalue weighted by Crippen LogP contribution is 2.25. The highest BCUT2D eigenvalue weighted by Gasteiger charge is 2.04. The van der Waals surface area contributed by atoms with Gasteiger partial charge in [0.25, 0.3) is 0 Å². The molecule has 0 N–H and O–H groups in total. The first-order valence-corrected chi connectivity index (χ1v) is 8.16.